The Morgan fingerprint density at radius 1 is 1.31 bits per heavy atom. The molecule has 0 radical (unpaired) electrons. The van der Waals surface area contributed by atoms with Crippen molar-refractivity contribution >= 4 is 0 Å². The molecule has 2 rings (SSSR count). The van der Waals surface area contributed by atoms with E-state index in [1.165, 1.54) is 0 Å². The van der Waals surface area contributed by atoms with Gasteiger partial charge in [0.2, 0.25) is 11.8 Å². The fourth-order valence-corrected chi connectivity index (χ4v) is 1.56. The Hall–Kier alpha value is -1.29. The Balaban J connectivity index is 2.04. The first-order valence-electron chi connectivity index (χ1n) is 5.61. The standard InChI is InChI=1S/C12H18N2O2/c1-9(2)15-10-5-4-6-11(14-10)16-12(3)7-13-8-12/h4-6,9,13H,7-8H2,1-3H3. The minimum absolute atomic E-state index is 0.122. The molecule has 0 bridgehead atoms. The fraction of sp³-hybridized carbons (Fsp3) is 0.583. The summed E-state index contributed by atoms with van der Waals surface area (Å²) in [7, 11) is 0. The molecule has 0 unspecified atom stereocenters. The Labute approximate surface area is 96.0 Å². The number of nitrogens with one attached hydrogen (secondary N) is 1. The molecule has 0 atom stereocenters. The van der Waals surface area contributed by atoms with Crippen molar-refractivity contribution in [1.29, 1.82) is 0 Å². The van der Waals surface area contributed by atoms with E-state index in [0.717, 1.165) is 13.1 Å². The summed E-state index contributed by atoms with van der Waals surface area (Å²) >= 11 is 0. The molecule has 1 aliphatic heterocycles. The van der Waals surface area contributed by atoms with Gasteiger partial charge in [-0.1, -0.05) is 6.07 Å². The van der Waals surface area contributed by atoms with Gasteiger partial charge in [0.05, 0.1) is 6.10 Å². The molecule has 2 heterocycles. The van der Waals surface area contributed by atoms with Crippen molar-refractivity contribution in [3.05, 3.63) is 18.2 Å². The molecule has 1 aromatic heterocycles. The number of hydrogen-bond acceptors (Lipinski definition) is 4. The van der Waals surface area contributed by atoms with Crippen LogP contribution < -0.4 is 14.8 Å². The molecule has 1 aliphatic rings. The van der Waals surface area contributed by atoms with E-state index in [1.54, 1.807) is 0 Å². The predicted octanol–water partition coefficient (Wildman–Crippen LogP) is 1.61. The van der Waals surface area contributed by atoms with Crippen molar-refractivity contribution in [1.82, 2.24) is 10.3 Å². The first kappa shape index (κ1) is 11.2. The Morgan fingerprint density at radius 2 is 2.00 bits per heavy atom. The van der Waals surface area contributed by atoms with Gasteiger partial charge in [0.1, 0.15) is 5.60 Å². The lowest BCUT2D eigenvalue weighted by atomic mass is 10.0. The number of ether oxygens (including phenoxy) is 2. The van der Waals surface area contributed by atoms with Gasteiger partial charge in [-0.05, 0) is 20.8 Å². The van der Waals surface area contributed by atoms with E-state index in [0.29, 0.717) is 11.8 Å². The average Bonchev–Trinajstić information content (AvgIpc) is 2.14. The Bertz CT molecular complexity index is 362. The highest BCUT2D eigenvalue weighted by Gasteiger charge is 2.34. The van der Waals surface area contributed by atoms with E-state index >= 15 is 0 Å². The third kappa shape index (κ3) is 2.64. The number of rotatable bonds is 4. The Morgan fingerprint density at radius 3 is 2.56 bits per heavy atom. The third-order valence-electron chi connectivity index (χ3n) is 2.40. The summed E-state index contributed by atoms with van der Waals surface area (Å²) in [6.07, 6.45) is 0.128. The van der Waals surface area contributed by atoms with Crippen LogP contribution in [0.4, 0.5) is 0 Å². The van der Waals surface area contributed by atoms with Crippen molar-refractivity contribution in [2.45, 2.75) is 32.5 Å². The fourth-order valence-electron chi connectivity index (χ4n) is 1.56. The second-order valence-corrected chi connectivity index (χ2v) is 4.64. The van der Waals surface area contributed by atoms with Gasteiger partial charge in [-0.15, -0.1) is 0 Å². The van der Waals surface area contributed by atoms with E-state index in [9.17, 15) is 0 Å². The van der Waals surface area contributed by atoms with Gasteiger partial charge in [0.25, 0.3) is 0 Å². The number of aromatic nitrogens is 1. The van der Waals surface area contributed by atoms with Crippen molar-refractivity contribution in [2.75, 3.05) is 13.1 Å². The van der Waals surface area contributed by atoms with Gasteiger partial charge in [0, 0.05) is 25.2 Å². The number of hydrogen-bond donors (Lipinski definition) is 1. The molecule has 1 saturated heterocycles. The summed E-state index contributed by atoms with van der Waals surface area (Å²) in [5, 5.41) is 3.18. The summed E-state index contributed by atoms with van der Waals surface area (Å²) in [6, 6.07) is 5.60. The SMILES string of the molecule is CC(C)Oc1cccc(OC2(C)CNC2)n1. The number of pyridine rings is 1. The Kier molecular flexibility index (Phi) is 3.01. The molecule has 1 N–H and O–H groups in total. The molecule has 0 aliphatic carbocycles. The van der Waals surface area contributed by atoms with Crippen molar-refractivity contribution < 1.29 is 9.47 Å². The lowest BCUT2D eigenvalue weighted by molar-refractivity contribution is 0.0297. The van der Waals surface area contributed by atoms with Crippen molar-refractivity contribution in [3.63, 3.8) is 0 Å². The topological polar surface area (TPSA) is 43.4 Å². The summed E-state index contributed by atoms with van der Waals surface area (Å²) in [5.41, 5.74) is -0.122. The van der Waals surface area contributed by atoms with Gasteiger partial charge < -0.3 is 14.8 Å². The maximum absolute atomic E-state index is 5.81. The van der Waals surface area contributed by atoms with Crippen LogP contribution in [0.15, 0.2) is 18.2 Å². The van der Waals surface area contributed by atoms with Crippen LogP contribution in [-0.2, 0) is 0 Å². The van der Waals surface area contributed by atoms with Gasteiger partial charge in [0.15, 0.2) is 0 Å². The summed E-state index contributed by atoms with van der Waals surface area (Å²) < 4.78 is 11.3. The highest BCUT2D eigenvalue weighted by molar-refractivity contribution is 5.21. The van der Waals surface area contributed by atoms with Crippen molar-refractivity contribution in [2.24, 2.45) is 0 Å². The zero-order valence-corrected chi connectivity index (χ0v) is 9.99. The average molecular weight is 222 g/mol. The van der Waals surface area contributed by atoms with Gasteiger partial charge >= 0.3 is 0 Å². The van der Waals surface area contributed by atoms with E-state index < -0.39 is 0 Å². The predicted molar refractivity (Wildman–Crippen MR) is 61.9 cm³/mol. The normalized spacial score (nSPS) is 18.0. The molecule has 1 aromatic rings. The molecule has 88 valence electrons. The molecule has 16 heavy (non-hydrogen) atoms. The lowest BCUT2D eigenvalue weighted by Crippen LogP contribution is -2.61. The quantitative estimate of drug-likeness (QED) is 0.840. The summed E-state index contributed by atoms with van der Waals surface area (Å²) in [4.78, 5) is 4.31. The lowest BCUT2D eigenvalue weighted by Gasteiger charge is -2.38. The zero-order chi connectivity index (χ0) is 11.6. The smallest absolute Gasteiger partial charge is 0.217 e. The van der Waals surface area contributed by atoms with Crippen LogP contribution in [0.3, 0.4) is 0 Å². The molecule has 4 nitrogen and oxygen atoms in total. The highest BCUT2D eigenvalue weighted by atomic mass is 16.5. The van der Waals surface area contributed by atoms with E-state index in [4.69, 9.17) is 9.47 Å². The molecule has 0 amide bonds. The van der Waals surface area contributed by atoms with Crippen LogP contribution in [0.5, 0.6) is 11.8 Å². The summed E-state index contributed by atoms with van der Waals surface area (Å²) in [6.45, 7) is 7.76. The van der Waals surface area contributed by atoms with E-state index in [1.807, 2.05) is 32.0 Å². The molecular formula is C12H18N2O2. The zero-order valence-electron chi connectivity index (χ0n) is 9.99. The molecule has 0 aromatic carbocycles. The van der Waals surface area contributed by atoms with Crippen molar-refractivity contribution in [3.8, 4) is 11.8 Å². The second kappa shape index (κ2) is 4.29. The minimum atomic E-state index is -0.122. The molecular weight excluding hydrogens is 204 g/mol. The minimum Gasteiger partial charge on any atom is -0.475 e. The van der Waals surface area contributed by atoms with Gasteiger partial charge in [-0.25, -0.2) is 0 Å². The maximum atomic E-state index is 5.81. The maximum Gasteiger partial charge on any atom is 0.217 e. The van der Waals surface area contributed by atoms with Gasteiger partial charge in [-0.2, -0.15) is 4.98 Å². The third-order valence-corrected chi connectivity index (χ3v) is 2.40. The largest absolute Gasteiger partial charge is 0.475 e. The van der Waals surface area contributed by atoms with E-state index in [2.05, 4.69) is 17.2 Å². The molecule has 4 heteroatoms. The molecule has 0 saturated carbocycles. The molecule has 1 fully saturated rings. The molecule has 0 spiro atoms. The highest BCUT2D eigenvalue weighted by Crippen LogP contribution is 2.22. The van der Waals surface area contributed by atoms with Crippen LogP contribution >= 0.6 is 0 Å². The van der Waals surface area contributed by atoms with Crippen LogP contribution in [0.25, 0.3) is 0 Å². The van der Waals surface area contributed by atoms with Gasteiger partial charge in [-0.3, -0.25) is 0 Å². The van der Waals surface area contributed by atoms with E-state index in [-0.39, 0.29) is 11.7 Å². The number of nitrogens with zero attached hydrogens (tertiary/aromatic N) is 1. The first-order valence-corrected chi connectivity index (χ1v) is 5.61. The van der Waals surface area contributed by atoms with Crippen LogP contribution in [0.1, 0.15) is 20.8 Å². The second-order valence-electron chi connectivity index (χ2n) is 4.64. The van der Waals surface area contributed by atoms with Crippen LogP contribution in [-0.4, -0.2) is 29.8 Å². The summed E-state index contributed by atoms with van der Waals surface area (Å²) in [5.74, 6) is 1.24. The van der Waals surface area contributed by atoms with Crippen LogP contribution in [0, 0.1) is 0 Å². The first-order chi connectivity index (χ1) is 7.57. The van der Waals surface area contributed by atoms with Crippen LogP contribution in [0.2, 0.25) is 0 Å². The monoisotopic (exact) mass is 222 g/mol.